The van der Waals surface area contributed by atoms with Crippen molar-refractivity contribution in [1.29, 1.82) is 0 Å². The first-order valence-corrected chi connectivity index (χ1v) is 6.43. The Morgan fingerprint density at radius 2 is 2.00 bits per heavy atom. The Balaban J connectivity index is 2.37. The Labute approximate surface area is 111 Å². The van der Waals surface area contributed by atoms with Crippen LogP contribution in [0, 0.1) is 5.92 Å². The summed E-state index contributed by atoms with van der Waals surface area (Å²) < 4.78 is 38.4. The van der Waals surface area contributed by atoms with Crippen LogP contribution in [-0.2, 0) is 6.18 Å². The van der Waals surface area contributed by atoms with E-state index in [0.29, 0.717) is 12.3 Å². The van der Waals surface area contributed by atoms with Crippen molar-refractivity contribution in [2.45, 2.75) is 31.5 Å². The van der Waals surface area contributed by atoms with Gasteiger partial charge in [0.25, 0.3) is 0 Å². The quantitative estimate of drug-likeness (QED) is 0.884. The van der Waals surface area contributed by atoms with Gasteiger partial charge in [-0.3, -0.25) is 0 Å². The van der Waals surface area contributed by atoms with Gasteiger partial charge >= 0.3 is 6.18 Å². The molecule has 100 valence electrons. The van der Waals surface area contributed by atoms with Crippen LogP contribution in [0.4, 0.5) is 13.2 Å². The molecule has 0 spiro atoms. The van der Waals surface area contributed by atoms with Gasteiger partial charge in [0.15, 0.2) is 0 Å². The fraction of sp³-hybridized carbons (Fsp3) is 0.500. The fourth-order valence-electron chi connectivity index (χ4n) is 1.96. The van der Waals surface area contributed by atoms with Gasteiger partial charge in [-0.05, 0) is 24.5 Å². The molecule has 1 aromatic rings. The molecule has 2 nitrogen and oxygen atoms in total. The molecule has 1 fully saturated rings. The molecule has 0 aromatic heterocycles. The highest BCUT2D eigenvalue weighted by molar-refractivity contribution is 9.10. The van der Waals surface area contributed by atoms with Gasteiger partial charge in [0.1, 0.15) is 5.75 Å². The number of aromatic hydroxyl groups is 1. The first kappa shape index (κ1) is 13.7. The molecule has 0 radical (unpaired) electrons. The molecule has 0 amide bonds. The number of nitrogens with two attached hydrogens (primary N) is 1. The first-order valence-electron chi connectivity index (χ1n) is 5.64. The van der Waals surface area contributed by atoms with E-state index in [0.717, 1.165) is 18.9 Å². The van der Waals surface area contributed by atoms with Crippen LogP contribution in [0.15, 0.2) is 16.6 Å². The lowest BCUT2D eigenvalue weighted by Crippen LogP contribution is -2.14. The Kier molecular flexibility index (Phi) is 3.60. The second kappa shape index (κ2) is 4.74. The normalized spacial score (nSPS) is 17.8. The minimum atomic E-state index is -4.58. The third-order valence-electron chi connectivity index (χ3n) is 3.09. The van der Waals surface area contributed by atoms with Crippen LogP contribution >= 0.6 is 15.9 Å². The SMILES string of the molecule is N[C@H](CC1CC1)c1cc(Br)cc(C(F)(F)F)c1O. The average Bonchev–Trinajstić information content (AvgIpc) is 3.03. The lowest BCUT2D eigenvalue weighted by molar-refractivity contribution is -0.138. The Bertz CT molecular complexity index is 457. The summed E-state index contributed by atoms with van der Waals surface area (Å²) in [6, 6.07) is 1.76. The van der Waals surface area contributed by atoms with Crippen LogP contribution in [0.1, 0.15) is 36.4 Å². The number of hydrogen-bond donors (Lipinski definition) is 2. The summed E-state index contributed by atoms with van der Waals surface area (Å²) in [7, 11) is 0. The topological polar surface area (TPSA) is 46.2 Å². The molecule has 2 rings (SSSR count). The summed E-state index contributed by atoms with van der Waals surface area (Å²) in [5, 5.41) is 9.73. The summed E-state index contributed by atoms with van der Waals surface area (Å²) in [6.45, 7) is 0. The fourth-order valence-corrected chi connectivity index (χ4v) is 2.43. The first-order chi connectivity index (χ1) is 8.29. The maximum Gasteiger partial charge on any atom is 0.420 e. The number of phenolic OH excluding ortho intramolecular Hbond substituents is 1. The molecule has 0 bridgehead atoms. The molecule has 18 heavy (non-hydrogen) atoms. The molecule has 6 heteroatoms. The molecule has 1 saturated carbocycles. The van der Waals surface area contributed by atoms with Crippen LogP contribution in [0.25, 0.3) is 0 Å². The van der Waals surface area contributed by atoms with Crippen LogP contribution in [0.2, 0.25) is 0 Å². The summed E-state index contributed by atoms with van der Waals surface area (Å²) >= 11 is 3.02. The van der Waals surface area contributed by atoms with E-state index >= 15 is 0 Å². The maximum absolute atomic E-state index is 12.7. The molecule has 3 N–H and O–H groups in total. The van der Waals surface area contributed by atoms with Crippen LogP contribution < -0.4 is 5.73 Å². The highest BCUT2D eigenvalue weighted by atomic mass is 79.9. The molecule has 1 aliphatic carbocycles. The summed E-state index contributed by atoms with van der Waals surface area (Å²) in [6.07, 6.45) is -1.84. The second-order valence-electron chi connectivity index (χ2n) is 4.67. The van der Waals surface area contributed by atoms with Gasteiger partial charge in [0.2, 0.25) is 0 Å². The van der Waals surface area contributed by atoms with Gasteiger partial charge < -0.3 is 10.8 Å². The van der Waals surface area contributed by atoms with Gasteiger partial charge in [-0.15, -0.1) is 0 Å². The van der Waals surface area contributed by atoms with Crippen molar-refractivity contribution in [3.8, 4) is 5.75 Å². The number of hydrogen-bond acceptors (Lipinski definition) is 2. The van der Waals surface area contributed by atoms with Crippen molar-refractivity contribution in [1.82, 2.24) is 0 Å². The van der Waals surface area contributed by atoms with E-state index in [1.54, 1.807) is 0 Å². The van der Waals surface area contributed by atoms with Gasteiger partial charge in [0, 0.05) is 16.1 Å². The Morgan fingerprint density at radius 3 is 2.50 bits per heavy atom. The molecule has 1 aliphatic rings. The third-order valence-corrected chi connectivity index (χ3v) is 3.55. The predicted octanol–water partition coefficient (Wildman–Crippen LogP) is 3.97. The van der Waals surface area contributed by atoms with E-state index < -0.39 is 23.5 Å². The van der Waals surface area contributed by atoms with E-state index in [-0.39, 0.29) is 10.0 Å². The number of halogens is 4. The van der Waals surface area contributed by atoms with Crippen molar-refractivity contribution < 1.29 is 18.3 Å². The predicted molar refractivity (Wildman–Crippen MR) is 65.1 cm³/mol. The molecule has 1 aromatic carbocycles. The van der Waals surface area contributed by atoms with Crippen LogP contribution in [-0.4, -0.2) is 5.11 Å². The third kappa shape index (κ3) is 2.98. The van der Waals surface area contributed by atoms with E-state index in [1.165, 1.54) is 6.07 Å². The lowest BCUT2D eigenvalue weighted by atomic mass is 9.98. The number of phenols is 1. The maximum atomic E-state index is 12.7. The molecule has 1 atom stereocenters. The average molecular weight is 324 g/mol. The smallest absolute Gasteiger partial charge is 0.420 e. The van der Waals surface area contributed by atoms with Gasteiger partial charge in [-0.25, -0.2) is 0 Å². The van der Waals surface area contributed by atoms with Gasteiger partial charge in [0.05, 0.1) is 5.56 Å². The van der Waals surface area contributed by atoms with Gasteiger partial charge in [-0.1, -0.05) is 28.8 Å². The summed E-state index contributed by atoms with van der Waals surface area (Å²) in [5.41, 5.74) is 4.98. The van der Waals surface area contributed by atoms with Crippen molar-refractivity contribution in [3.05, 3.63) is 27.7 Å². The lowest BCUT2D eigenvalue weighted by Gasteiger charge is -2.18. The summed E-state index contributed by atoms with van der Waals surface area (Å²) in [5.74, 6) is -0.272. The van der Waals surface area contributed by atoms with Crippen molar-refractivity contribution in [3.63, 3.8) is 0 Å². The minimum absolute atomic E-state index is 0.156. The molecule has 0 saturated heterocycles. The molecule has 0 unspecified atom stereocenters. The largest absolute Gasteiger partial charge is 0.507 e. The van der Waals surface area contributed by atoms with E-state index in [4.69, 9.17) is 5.73 Å². The zero-order valence-corrected chi connectivity index (χ0v) is 11.1. The zero-order chi connectivity index (χ0) is 13.5. The van der Waals surface area contributed by atoms with Gasteiger partial charge in [-0.2, -0.15) is 13.2 Å². The molecule has 0 heterocycles. The highest BCUT2D eigenvalue weighted by Gasteiger charge is 2.36. The van der Waals surface area contributed by atoms with Crippen LogP contribution in [0.5, 0.6) is 5.75 Å². The standard InChI is InChI=1S/C12H13BrF3NO/c13-7-4-8(10(17)3-6-1-2-6)11(18)9(5-7)12(14,15)16/h4-6,10,18H,1-3,17H2/t10-/m1/s1. The number of benzene rings is 1. The van der Waals surface area contributed by atoms with Crippen molar-refractivity contribution in [2.24, 2.45) is 11.7 Å². The Hall–Kier alpha value is -0.750. The highest BCUT2D eigenvalue weighted by Crippen LogP contribution is 2.44. The Morgan fingerprint density at radius 1 is 1.39 bits per heavy atom. The molecule has 0 aliphatic heterocycles. The van der Waals surface area contributed by atoms with Crippen molar-refractivity contribution in [2.75, 3.05) is 0 Å². The number of alkyl halides is 3. The van der Waals surface area contributed by atoms with Crippen molar-refractivity contribution >= 4 is 15.9 Å². The van der Waals surface area contributed by atoms with E-state index in [1.807, 2.05) is 0 Å². The molecular weight excluding hydrogens is 311 g/mol. The summed E-state index contributed by atoms with van der Waals surface area (Å²) in [4.78, 5) is 0. The number of rotatable bonds is 3. The van der Waals surface area contributed by atoms with E-state index in [2.05, 4.69) is 15.9 Å². The minimum Gasteiger partial charge on any atom is -0.507 e. The van der Waals surface area contributed by atoms with Crippen LogP contribution in [0.3, 0.4) is 0 Å². The monoisotopic (exact) mass is 323 g/mol. The second-order valence-corrected chi connectivity index (χ2v) is 5.59. The van der Waals surface area contributed by atoms with E-state index in [9.17, 15) is 18.3 Å². The zero-order valence-electron chi connectivity index (χ0n) is 9.47. The molecular formula is C12H13BrF3NO.